The molecule has 0 saturated carbocycles. The Bertz CT molecular complexity index is 247. The van der Waals surface area contributed by atoms with Crippen molar-refractivity contribution in [3.05, 3.63) is 11.0 Å². The molecule has 1 rings (SSSR count). The smallest absolute Gasteiger partial charge is 0.197 e. The molecule has 1 aromatic heterocycles. The van der Waals surface area contributed by atoms with Crippen molar-refractivity contribution in [2.75, 3.05) is 11.3 Å². The molecule has 0 atom stereocenters. The van der Waals surface area contributed by atoms with E-state index in [4.69, 9.17) is 23.9 Å². The van der Waals surface area contributed by atoms with E-state index in [0.29, 0.717) is 10.6 Å². The van der Waals surface area contributed by atoms with Crippen LogP contribution in [0.25, 0.3) is 0 Å². The fraction of sp³-hybridized carbons (Fsp3) is 0. The van der Waals surface area contributed by atoms with Crippen LogP contribution in [0.1, 0.15) is 0 Å². The van der Waals surface area contributed by atoms with Crippen LogP contribution in [-0.4, -0.2) is 9.66 Å². The standard InChI is InChI=1S/C3H7N5S/c4-7-2-1-6-3(9)8(2)5/h1,7H,4-5H2,(H,6,9). The summed E-state index contributed by atoms with van der Waals surface area (Å²) in [7, 11) is 0. The molecule has 1 heterocycles. The fourth-order valence-corrected chi connectivity index (χ4v) is 0.647. The van der Waals surface area contributed by atoms with Gasteiger partial charge in [0.05, 0.1) is 0 Å². The molecule has 0 aliphatic carbocycles. The van der Waals surface area contributed by atoms with Crippen LogP contribution in [0.2, 0.25) is 0 Å². The first-order chi connectivity index (χ1) is 4.25. The van der Waals surface area contributed by atoms with Gasteiger partial charge in [0.15, 0.2) is 10.6 Å². The number of anilines is 1. The number of nitrogen functional groups attached to an aromatic ring is 2. The Hall–Kier alpha value is -1.01. The van der Waals surface area contributed by atoms with Gasteiger partial charge in [-0.15, -0.1) is 0 Å². The average Bonchev–Trinajstić information content (AvgIpc) is 2.15. The van der Waals surface area contributed by atoms with E-state index in [-0.39, 0.29) is 0 Å². The van der Waals surface area contributed by atoms with Crippen LogP contribution in [0.4, 0.5) is 5.82 Å². The van der Waals surface area contributed by atoms with E-state index in [9.17, 15) is 0 Å². The third-order valence-electron chi connectivity index (χ3n) is 0.959. The largest absolute Gasteiger partial charge is 0.335 e. The molecule has 0 saturated heterocycles. The first kappa shape index (κ1) is 6.12. The minimum atomic E-state index is 0.433. The summed E-state index contributed by atoms with van der Waals surface area (Å²) in [6.45, 7) is 0. The molecule has 6 heteroatoms. The Morgan fingerprint density at radius 2 is 2.44 bits per heavy atom. The summed E-state index contributed by atoms with van der Waals surface area (Å²) in [5, 5.41) is 0. The van der Waals surface area contributed by atoms with Crippen molar-refractivity contribution in [1.29, 1.82) is 0 Å². The summed E-state index contributed by atoms with van der Waals surface area (Å²) in [6.07, 6.45) is 1.59. The van der Waals surface area contributed by atoms with E-state index >= 15 is 0 Å². The number of aromatic amines is 1. The second-order valence-electron chi connectivity index (χ2n) is 1.49. The highest BCUT2D eigenvalue weighted by Gasteiger charge is 1.93. The molecule has 1 aromatic rings. The molecule has 50 valence electrons. The Kier molecular flexibility index (Phi) is 1.41. The summed E-state index contributed by atoms with van der Waals surface area (Å²) in [6, 6.07) is 0. The molecule has 0 unspecified atom stereocenters. The summed E-state index contributed by atoms with van der Waals surface area (Å²) in [5.41, 5.74) is 2.36. The molecule has 0 spiro atoms. The normalized spacial score (nSPS) is 9.44. The predicted molar refractivity (Wildman–Crippen MR) is 37.6 cm³/mol. The van der Waals surface area contributed by atoms with Crippen LogP contribution in [-0.2, 0) is 0 Å². The van der Waals surface area contributed by atoms with Crippen molar-refractivity contribution >= 4 is 18.0 Å². The highest BCUT2D eigenvalue weighted by atomic mass is 32.1. The topological polar surface area (TPSA) is 84.8 Å². The van der Waals surface area contributed by atoms with Gasteiger partial charge < -0.3 is 16.3 Å². The maximum absolute atomic E-state index is 5.35. The molecule has 0 bridgehead atoms. The van der Waals surface area contributed by atoms with Gasteiger partial charge in [-0.1, -0.05) is 0 Å². The maximum atomic E-state index is 5.35. The predicted octanol–water partition coefficient (Wildman–Crippen LogP) is -0.455. The molecule has 6 N–H and O–H groups in total. The van der Waals surface area contributed by atoms with E-state index in [0.717, 1.165) is 0 Å². The van der Waals surface area contributed by atoms with Crippen LogP contribution < -0.4 is 17.1 Å². The molecule has 0 aliphatic rings. The van der Waals surface area contributed by atoms with Crippen LogP contribution in [0.3, 0.4) is 0 Å². The van der Waals surface area contributed by atoms with Gasteiger partial charge in [0.25, 0.3) is 0 Å². The Labute approximate surface area is 56.6 Å². The molecule has 9 heavy (non-hydrogen) atoms. The van der Waals surface area contributed by atoms with E-state index in [1.165, 1.54) is 4.68 Å². The quantitative estimate of drug-likeness (QED) is 0.245. The molecule has 0 amide bonds. The Morgan fingerprint density at radius 3 is 2.67 bits per heavy atom. The van der Waals surface area contributed by atoms with Gasteiger partial charge in [-0.3, -0.25) is 0 Å². The number of nitrogens with two attached hydrogens (primary N) is 2. The van der Waals surface area contributed by atoms with Crippen molar-refractivity contribution in [3.63, 3.8) is 0 Å². The van der Waals surface area contributed by atoms with E-state index in [1.54, 1.807) is 6.20 Å². The van der Waals surface area contributed by atoms with E-state index < -0.39 is 0 Å². The zero-order valence-corrected chi connectivity index (χ0v) is 5.40. The molecule has 0 radical (unpaired) electrons. The molecule has 0 aromatic carbocycles. The Balaban J connectivity index is 3.20. The third kappa shape index (κ3) is 0.889. The number of hydrazine groups is 1. The van der Waals surface area contributed by atoms with Gasteiger partial charge in [-0.05, 0) is 12.2 Å². The summed E-state index contributed by atoms with van der Waals surface area (Å²) < 4.78 is 1.68. The molecule has 0 aliphatic heterocycles. The average molecular weight is 145 g/mol. The first-order valence-electron chi connectivity index (χ1n) is 2.28. The lowest BCUT2D eigenvalue weighted by atomic mass is 10.8. The van der Waals surface area contributed by atoms with Gasteiger partial charge in [0.2, 0.25) is 0 Å². The molecule has 5 nitrogen and oxygen atoms in total. The lowest BCUT2D eigenvalue weighted by molar-refractivity contribution is 0.971. The minimum Gasteiger partial charge on any atom is -0.335 e. The molecule has 0 fully saturated rings. The van der Waals surface area contributed by atoms with Crippen molar-refractivity contribution in [2.45, 2.75) is 0 Å². The van der Waals surface area contributed by atoms with E-state index in [2.05, 4.69) is 10.4 Å². The maximum Gasteiger partial charge on any atom is 0.197 e. The fourth-order valence-electron chi connectivity index (χ4n) is 0.490. The van der Waals surface area contributed by atoms with Gasteiger partial charge in [0, 0.05) is 6.20 Å². The monoisotopic (exact) mass is 145 g/mol. The zero-order valence-electron chi connectivity index (χ0n) is 4.59. The number of nitrogens with one attached hydrogen (secondary N) is 2. The van der Waals surface area contributed by atoms with Crippen molar-refractivity contribution in [2.24, 2.45) is 5.84 Å². The zero-order chi connectivity index (χ0) is 6.85. The first-order valence-corrected chi connectivity index (χ1v) is 2.68. The summed E-state index contributed by atoms with van der Waals surface area (Å²) >= 11 is 4.73. The van der Waals surface area contributed by atoms with Crippen LogP contribution in [0, 0.1) is 4.77 Å². The number of rotatable bonds is 1. The lowest BCUT2D eigenvalue weighted by Gasteiger charge is -1.96. The highest BCUT2D eigenvalue weighted by molar-refractivity contribution is 7.71. The third-order valence-corrected chi connectivity index (χ3v) is 1.27. The number of hydrogen-bond acceptors (Lipinski definition) is 4. The van der Waals surface area contributed by atoms with Crippen LogP contribution in [0.5, 0.6) is 0 Å². The number of imidazole rings is 1. The Morgan fingerprint density at radius 1 is 1.78 bits per heavy atom. The van der Waals surface area contributed by atoms with Crippen molar-refractivity contribution in [3.8, 4) is 0 Å². The molecular weight excluding hydrogens is 138 g/mol. The SMILES string of the molecule is NNc1c[nH]c(=S)n1N. The number of H-pyrrole nitrogens is 1. The van der Waals surface area contributed by atoms with Crippen molar-refractivity contribution in [1.82, 2.24) is 9.66 Å². The van der Waals surface area contributed by atoms with Gasteiger partial charge >= 0.3 is 0 Å². The van der Waals surface area contributed by atoms with Crippen LogP contribution >= 0.6 is 12.2 Å². The molecular formula is C3H7N5S. The number of nitrogens with zero attached hydrogens (tertiary/aromatic N) is 1. The van der Waals surface area contributed by atoms with Gasteiger partial charge in [-0.2, -0.15) is 0 Å². The van der Waals surface area contributed by atoms with Crippen molar-refractivity contribution < 1.29 is 0 Å². The summed E-state index contributed by atoms with van der Waals surface area (Å²) in [5.74, 6) is 11.0. The number of aromatic nitrogens is 2. The number of hydrogen-bond donors (Lipinski definition) is 4. The minimum absolute atomic E-state index is 0.433. The second-order valence-corrected chi connectivity index (χ2v) is 1.88. The lowest BCUT2D eigenvalue weighted by Crippen LogP contribution is -2.17. The van der Waals surface area contributed by atoms with Gasteiger partial charge in [-0.25, -0.2) is 10.5 Å². The highest BCUT2D eigenvalue weighted by Crippen LogP contribution is 1.99. The second kappa shape index (κ2) is 2.08. The summed E-state index contributed by atoms with van der Waals surface area (Å²) in [4.78, 5) is 2.70. The van der Waals surface area contributed by atoms with Crippen LogP contribution in [0.15, 0.2) is 6.20 Å². The van der Waals surface area contributed by atoms with Gasteiger partial charge in [0.1, 0.15) is 0 Å². The van der Waals surface area contributed by atoms with E-state index in [1.807, 2.05) is 0 Å².